The molecular weight excluding hydrogens is 290 g/mol. The Balaban J connectivity index is 2.31. The number of aromatic nitrogens is 2. The molecule has 1 heterocycles. The Hall–Kier alpha value is -2.74. The van der Waals surface area contributed by atoms with Crippen LogP contribution >= 0.6 is 11.6 Å². The van der Waals surface area contributed by atoms with E-state index in [4.69, 9.17) is 21.4 Å². The molecule has 1 N–H and O–H groups in total. The molecule has 0 aliphatic rings. The van der Waals surface area contributed by atoms with Gasteiger partial charge in [-0.2, -0.15) is 0 Å². The van der Waals surface area contributed by atoms with Crippen molar-refractivity contribution in [3.05, 3.63) is 51.2 Å². The molecule has 0 bridgehead atoms. The van der Waals surface area contributed by atoms with Crippen LogP contribution in [0.15, 0.2) is 30.3 Å². The monoisotopic (exact) mass is 295 g/mol. The zero-order chi connectivity index (χ0) is 14.7. The first kappa shape index (κ1) is 13.7. The Morgan fingerprint density at radius 1 is 1.30 bits per heavy atom. The Labute approximate surface area is 116 Å². The Kier molecular flexibility index (Phi) is 3.76. The average molecular weight is 296 g/mol. The van der Waals surface area contributed by atoms with Gasteiger partial charge in [-0.3, -0.25) is 10.1 Å². The van der Waals surface area contributed by atoms with E-state index in [0.29, 0.717) is 0 Å². The van der Waals surface area contributed by atoms with Gasteiger partial charge < -0.3 is 9.84 Å². The molecule has 2 rings (SSSR count). The molecule has 9 heteroatoms. The Bertz CT molecular complexity index is 674. The third kappa shape index (κ3) is 2.98. The molecule has 8 nitrogen and oxygen atoms in total. The standard InChI is InChI=1S/C11H6ClN3O5/c12-6-1-3-8(15(18)19)9(5-6)20-10-4-2-7(11(16)17)13-14-10/h1-5H,(H,16,17). The van der Waals surface area contributed by atoms with Crippen LogP contribution in [0.3, 0.4) is 0 Å². The van der Waals surface area contributed by atoms with E-state index >= 15 is 0 Å². The fourth-order valence-corrected chi connectivity index (χ4v) is 1.48. The van der Waals surface area contributed by atoms with Gasteiger partial charge in [0.25, 0.3) is 0 Å². The summed E-state index contributed by atoms with van der Waals surface area (Å²) in [6.07, 6.45) is 0. The van der Waals surface area contributed by atoms with Gasteiger partial charge in [0.05, 0.1) is 4.92 Å². The minimum absolute atomic E-state index is 0.0830. The largest absolute Gasteiger partial charge is 0.476 e. The Morgan fingerprint density at radius 3 is 2.60 bits per heavy atom. The maximum Gasteiger partial charge on any atom is 0.356 e. The van der Waals surface area contributed by atoms with Crippen molar-refractivity contribution in [1.82, 2.24) is 10.2 Å². The maximum absolute atomic E-state index is 10.8. The van der Waals surface area contributed by atoms with E-state index in [-0.39, 0.29) is 28.0 Å². The van der Waals surface area contributed by atoms with Gasteiger partial charge >= 0.3 is 11.7 Å². The second-order valence-electron chi connectivity index (χ2n) is 3.53. The van der Waals surface area contributed by atoms with E-state index < -0.39 is 10.9 Å². The highest BCUT2D eigenvalue weighted by Gasteiger charge is 2.17. The average Bonchev–Trinajstić information content (AvgIpc) is 2.39. The van der Waals surface area contributed by atoms with Crippen LogP contribution in [0.2, 0.25) is 5.02 Å². The van der Waals surface area contributed by atoms with Crippen molar-refractivity contribution < 1.29 is 19.6 Å². The zero-order valence-electron chi connectivity index (χ0n) is 9.69. The van der Waals surface area contributed by atoms with Crippen molar-refractivity contribution in [2.75, 3.05) is 0 Å². The second-order valence-corrected chi connectivity index (χ2v) is 3.97. The third-order valence-electron chi connectivity index (χ3n) is 2.19. The van der Waals surface area contributed by atoms with Crippen molar-refractivity contribution in [2.24, 2.45) is 0 Å². The summed E-state index contributed by atoms with van der Waals surface area (Å²) in [5, 5.41) is 26.7. The predicted molar refractivity (Wildman–Crippen MR) is 67.2 cm³/mol. The van der Waals surface area contributed by atoms with Gasteiger partial charge in [0.15, 0.2) is 5.69 Å². The van der Waals surface area contributed by atoms with Crippen LogP contribution in [0.1, 0.15) is 10.5 Å². The van der Waals surface area contributed by atoms with Gasteiger partial charge in [0.1, 0.15) is 0 Å². The number of ether oxygens (including phenoxy) is 1. The van der Waals surface area contributed by atoms with Gasteiger partial charge in [-0.05, 0) is 12.1 Å². The molecular formula is C11H6ClN3O5. The first-order chi connectivity index (χ1) is 9.47. The second kappa shape index (κ2) is 5.49. The van der Waals surface area contributed by atoms with Gasteiger partial charge in [0.2, 0.25) is 11.6 Å². The lowest BCUT2D eigenvalue weighted by molar-refractivity contribution is -0.385. The molecule has 0 fully saturated rings. The Morgan fingerprint density at radius 2 is 2.05 bits per heavy atom. The molecule has 0 aliphatic heterocycles. The van der Waals surface area contributed by atoms with Crippen LogP contribution in [0, 0.1) is 10.1 Å². The molecule has 1 aromatic carbocycles. The van der Waals surface area contributed by atoms with Crippen LogP contribution < -0.4 is 4.74 Å². The first-order valence-electron chi connectivity index (χ1n) is 5.16. The number of carboxylic acid groups (broad SMARTS) is 1. The van der Waals surface area contributed by atoms with E-state index in [9.17, 15) is 14.9 Å². The van der Waals surface area contributed by atoms with E-state index in [1.54, 1.807) is 0 Å². The number of hydrogen-bond acceptors (Lipinski definition) is 6. The number of aromatic carboxylic acids is 1. The van der Waals surface area contributed by atoms with E-state index in [1.165, 1.54) is 30.3 Å². The summed E-state index contributed by atoms with van der Waals surface area (Å²) >= 11 is 5.74. The van der Waals surface area contributed by atoms with Gasteiger partial charge in [-0.1, -0.05) is 11.6 Å². The molecule has 0 aliphatic carbocycles. The normalized spacial score (nSPS) is 10.1. The SMILES string of the molecule is O=C(O)c1ccc(Oc2cc(Cl)ccc2[N+](=O)[O-])nn1. The highest BCUT2D eigenvalue weighted by Crippen LogP contribution is 2.32. The number of carboxylic acids is 1. The number of nitrogens with zero attached hydrogens (tertiary/aromatic N) is 3. The van der Waals surface area contributed by atoms with Gasteiger partial charge in [-0.25, -0.2) is 4.79 Å². The number of halogens is 1. The molecule has 0 atom stereocenters. The van der Waals surface area contributed by atoms with Crippen LogP contribution in [-0.2, 0) is 0 Å². The van der Waals surface area contributed by atoms with E-state index in [1.807, 2.05) is 0 Å². The quantitative estimate of drug-likeness (QED) is 0.680. The number of benzene rings is 1. The fraction of sp³-hybridized carbons (Fsp3) is 0. The highest BCUT2D eigenvalue weighted by molar-refractivity contribution is 6.30. The summed E-state index contributed by atoms with van der Waals surface area (Å²) < 4.78 is 5.19. The van der Waals surface area contributed by atoms with Crippen molar-refractivity contribution >= 4 is 23.3 Å². The summed E-state index contributed by atoms with van der Waals surface area (Å²) in [7, 11) is 0. The molecule has 20 heavy (non-hydrogen) atoms. The minimum atomic E-state index is -1.24. The lowest BCUT2D eigenvalue weighted by Crippen LogP contribution is -2.02. The van der Waals surface area contributed by atoms with Gasteiger partial charge in [-0.15, -0.1) is 10.2 Å². The number of carbonyl (C=O) groups is 1. The van der Waals surface area contributed by atoms with Crippen LogP contribution in [0.25, 0.3) is 0 Å². The lowest BCUT2D eigenvalue weighted by atomic mass is 10.3. The smallest absolute Gasteiger partial charge is 0.356 e. The molecule has 0 spiro atoms. The van der Waals surface area contributed by atoms with Crippen LogP contribution in [0.5, 0.6) is 11.6 Å². The molecule has 0 unspecified atom stereocenters. The van der Waals surface area contributed by atoms with Crippen molar-refractivity contribution in [2.45, 2.75) is 0 Å². The fourth-order valence-electron chi connectivity index (χ4n) is 1.32. The summed E-state index contributed by atoms with van der Waals surface area (Å²) in [6, 6.07) is 6.21. The van der Waals surface area contributed by atoms with Gasteiger partial charge in [0, 0.05) is 23.2 Å². The summed E-state index contributed by atoms with van der Waals surface area (Å²) in [6.45, 7) is 0. The molecule has 0 saturated heterocycles. The van der Waals surface area contributed by atoms with Crippen molar-refractivity contribution in [3.8, 4) is 11.6 Å². The van der Waals surface area contributed by atoms with E-state index in [0.717, 1.165) is 0 Å². The molecule has 0 radical (unpaired) electrons. The molecule has 102 valence electrons. The number of rotatable bonds is 4. The predicted octanol–water partition coefficient (Wildman–Crippen LogP) is 2.53. The number of hydrogen-bond donors (Lipinski definition) is 1. The number of nitro groups is 1. The third-order valence-corrected chi connectivity index (χ3v) is 2.43. The lowest BCUT2D eigenvalue weighted by Gasteiger charge is -2.05. The molecule has 2 aromatic rings. The zero-order valence-corrected chi connectivity index (χ0v) is 10.4. The maximum atomic E-state index is 10.8. The first-order valence-corrected chi connectivity index (χ1v) is 5.54. The molecule has 0 saturated carbocycles. The number of nitro benzene ring substituents is 1. The van der Waals surface area contributed by atoms with Crippen molar-refractivity contribution in [1.29, 1.82) is 0 Å². The summed E-state index contributed by atoms with van der Waals surface area (Å²) in [5.41, 5.74) is -0.559. The summed E-state index contributed by atoms with van der Waals surface area (Å²) in [5.74, 6) is -1.43. The molecule has 1 aromatic heterocycles. The minimum Gasteiger partial charge on any atom is -0.476 e. The van der Waals surface area contributed by atoms with Crippen LogP contribution in [-0.4, -0.2) is 26.2 Å². The topological polar surface area (TPSA) is 115 Å². The van der Waals surface area contributed by atoms with Crippen LogP contribution in [0.4, 0.5) is 5.69 Å². The highest BCUT2D eigenvalue weighted by atomic mass is 35.5. The summed E-state index contributed by atoms with van der Waals surface area (Å²) in [4.78, 5) is 20.8. The van der Waals surface area contributed by atoms with E-state index in [2.05, 4.69) is 10.2 Å². The van der Waals surface area contributed by atoms with Crippen molar-refractivity contribution in [3.63, 3.8) is 0 Å². The molecule has 0 amide bonds.